The second kappa shape index (κ2) is 10.7. The van der Waals surface area contributed by atoms with Crippen molar-refractivity contribution >= 4 is 22.5 Å². The van der Waals surface area contributed by atoms with Gasteiger partial charge in [0.2, 0.25) is 5.88 Å². The van der Waals surface area contributed by atoms with Gasteiger partial charge in [0.15, 0.2) is 11.6 Å². The van der Waals surface area contributed by atoms with E-state index in [-0.39, 0.29) is 22.9 Å². The van der Waals surface area contributed by atoms with Crippen LogP contribution in [0.25, 0.3) is 27.7 Å². The highest BCUT2D eigenvalue weighted by atomic mass is 19.1. The van der Waals surface area contributed by atoms with Crippen LogP contribution in [-0.4, -0.2) is 37.6 Å². The Morgan fingerprint density at radius 2 is 1.79 bits per heavy atom. The molecular formula is C30H22F2N6O4. The van der Waals surface area contributed by atoms with Crippen molar-refractivity contribution in [2.75, 3.05) is 12.4 Å². The third-order valence-electron chi connectivity index (χ3n) is 6.65. The maximum Gasteiger partial charge on any atom is 0.270 e. The van der Waals surface area contributed by atoms with Crippen molar-refractivity contribution in [1.82, 2.24) is 24.5 Å². The number of carbonyl (C=O) groups is 1. The Morgan fingerprint density at radius 1 is 0.976 bits per heavy atom. The van der Waals surface area contributed by atoms with Crippen LogP contribution >= 0.6 is 0 Å². The minimum atomic E-state index is -0.768. The van der Waals surface area contributed by atoms with Crippen LogP contribution in [0.2, 0.25) is 0 Å². The molecule has 12 heteroatoms. The molecule has 1 amide bonds. The van der Waals surface area contributed by atoms with Gasteiger partial charge in [-0.15, -0.1) is 0 Å². The zero-order valence-corrected chi connectivity index (χ0v) is 22.3. The molecule has 0 saturated carbocycles. The summed E-state index contributed by atoms with van der Waals surface area (Å²) in [6.45, 7) is 0. The molecule has 0 aliphatic rings. The van der Waals surface area contributed by atoms with E-state index in [9.17, 15) is 14.0 Å². The largest absolute Gasteiger partial charge is 0.482 e. The van der Waals surface area contributed by atoms with E-state index >= 15 is 4.39 Å². The monoisotopic (exact) mass is 568 g/mol. The number of anilines is 1. The summed E-state index contributed by atoms with van der Waals surface area (Å²) in [5, 5.41) is 14.4. The lowest BCUT2D eigenvalue weighted by atomic mass is 10.1. The van der Waals surface area contributed by atoms with Gasteiger partial charge in [-0.05, 0) is 60.7 Å². The number of rotatable bonds is 7. The number of methoxy groups -OCH3 is 1. The van der Waals surface area contributed by atoms with Gasteiger partial charge in [-0.25, -0.2) is 13.3 Å². The molecule has 6 aromatic rings. The Balaban J connectivity index is 1.28. The third kappa shape index (κ3) is 4.85. The number of aryl methyl sites for hydroxylation is 1. The van der Waals surface area contributed by atoms with E-state index in [0.29, 0.717) is 17.0 Å². The fourth-order valence-electron chi connectivity index (χ4n) is 4.55. The Hall–Kier alpha value is -5.78. The zero-order chi connectivity index (χ0) is 29.4. The van der Waals surface area contributed by atoms with Gasteiger partial charge in [-0.3, -0.25) is 19.4 Å². The smallest absolute Gasteiger partial charge is 0.270 e. The predicted octanol–water partition coefficient (Wildman–Crippen LogP) is 5.45. The fourth-order valence-corrected chi connectivity index (χ4v) is 4.55. The van der Waals surface area contributed by atoms with E-state index in [1.165, 1.54) is 55.6 Å². The molecule has 10 nitrogen and oxygen atoms in total. The standard InChI is InChI=1S/C30H22F2N6O4/c1-37-25-13-23(18-14-33-34-15-18)27(11-17(25)16-35-37)42-26-9-5-20(12-24(26)32)36-29(39)22-8-10-28(41-2)38(30(22)40)21-6-3-19(31)4-7-21/h3-16H,1-2H3,(H,33,34)(H,36,39). The second-order valence-electron chi connectivity index (χ2n) is 9.27. The van der Waals surface area contributed by atoms with Crippen LogP contribution in [0.1, 0.15) is 10.4 Å². The number of benzene rings is 3. The lowest BCUT2D eigenvalue weighted by Crippen LogP contribution is -2.29. The summed E-state index contributed by atoms with van der Waals surface area (Å²) < 4.78 is 42.8. The van der Waals surface area contributed by atoms with Crippen molar-refractivity contribution in [3.8, 4) is 34.2 Å². The lowest BCUT2D eigenvalue weighted by molar-refractivity contribution is 0.102. The number of hydrogen-bond acceptors (Lipinski definition) is 6. The molecule has 0 unspecified atom stereocenters. The number of H-pyrrole nitrogens is 1. The van der Waals surface area contributed by atoms with Gasteiger partial charge in [0.05, 0.1) is 30.7 Å². The molecule has 0 fully saturated rings. The van der Waals surface area contributed by atoms with E-state index in [0.717, 1.165) is 27.1 Å². The van der Waals surface area contributed by atoms with Gasteiger partial charge >= 0.3 is 0 Å². The van der Waals surface area contributed by atoms with Crippen LogP contribution < -0.4 is 20.3 Å². The number of aromatic nitrogens is 5. The molecule has 0 bridgehead atoms. The van der Waals surface area contributed by atoms with Gasteiger partial charge in [0, 0.05) is 41.5 Å². The first-order chi connectivity index (χ1) is 20.3. The normalized spacial score (nSPS) is 11.0. The summed E-state index contributed by atoms with van der Waals surface area (Å²) in [7, 11) is 3.19. The van der Waals surface area contributed by atoms with Gasteiger partial charge in [0.1, 0.15) is 17.1 Å². The van der Waals surface area contributed by atoms with Crippen molar-refractivity contribution in [1.29, 1.82) is 0 Å². The molecule has 42 heavy (non-hydrogen) atoms. The molecule has 0 saturated heterocycles. The molecule has 0 aliphatic carbocycles. The molecule has 3 aromatic carbocycles. The summed E-state index contributed by atoms with van der Waals surface area (Å²) in [6, 6.07) is 15.5. The number of amides is 1. The molecular weight excluding hydrogens is 546 g/mol. The molecule has 0 atom stereocenters. The Labute approximate surface area is 236 Å². The second-order valence-corrected chi connectivity index (χ2v) is 9.27. The van der Waals surface area contributed by atoms with Gasteiger partial charge in [-0.2, -0.15) is 10.2 Å². The fraction of sp³-hybridized carbons (Fsp3) is 0.0667. The Kier molecular flexibility index (Phi) is 6.71. The molecule has 3 aromatic heterocycles. The summed E-state index contributed by atoms with van der Waals surface area (Å²) in [5.74, 6) is -1.54. The van der Waals surface area contributed by atoms with Crippen LogP contribution in [-0.2, 0) is 7.05 Å². The van der Waals surface area contributed by atoms with Crippen molar-refractivity contribution in [3.63, 3.8) is 0 Å². The zero-order valence-electron chi connectivity index (χ0n) is 22.3. The van der Waals surface area contributed by atoms with E-state index in [1.807, 2.05) is 13.1 Å². The molecule has 2 N–H and O–H groups in total. The van der Waals surface area contributed by atoms with Crippen molar-refractivity contribution in [2.24, 2.45) is 7.05 Å². The van der Waals surface area contributed by atoms with Crippen LogP contribution in [0.4, 0.5) is 14.5 Å². The number of hydrogen-bond donors (Lipinski definition) is 2. The maximum absolute atomic E-state index is 15.3. The summed E-state index contributed by atoms with van der Waals surface area (Å²) in [6.07, 6.45) is 5.00. The van der Waals surface area contributed by atoms with Crippen molar-refractivity contribution in [2.45, 2.75) is 0 Å². The average Bonchev–Trinajstić information content (AvgIpc) is 3.64. The van der Waals surface area contributed by atoms with Gasteiger partial charge in [-0.1, -0.05) is 0 Å². The van der Waals surface area contributed by atoms with Crippen molar-refractivity contribution < 1.29 is 23.0 Å². The molecule has 3 heterocycles. The van der Waals surface area contributed by atoms with E-state index in [4.69, 9.17) is 9.47 Å². The van der Waals surface area contributed by atoms with E-state index < -0.39 is 23.1 Å². The highest BCUT2D eigenvalue weighted by Crippen LogP contribution is 2.37. The quantitative estimate of drug-likeness (QED) is 0.265. The first-order valence-corrected chi connectivity index (χ1v) is 12.6. The lowest BCUT2D eigenvalue weighted by Gasteiger charge is -2.14. The topological polar surface area (TPSA) is 116 Å². The summed E-state index contributed by atoms with van der Waals surface area (Å²) in [5.41, 5.74) is 1.75. The molecule has 210 valence electrons. The highest BCUT2D eigenvalue weighted by molar-refractivity contribution is 6.04. The van der Waals surface area contributed by atoms with Crippen LogP contribution in [0.3, 0.4) is 0 Å². The number of carbonyl (C=O) groups excluding carboxylic acids is 1. The summed E-state index contributed by atoms with van der Waals surface area (Å²) in [4.78, 5) is 26.3. The van der Waals surface area contributed by atoms with Gasteiger partial charge < -0.3 is 14.8 Å². The highest BCUT2D eigenvalue weighted by Gasteiger charge is 2.19. The van der Waals surface area contributed by atoms with E-state index in [2.05, 4.69) is 20.6 Å². The van der Waals surface area contributed by atoms with E-state index in [1.54, 1.807) is 29.3 Å². The average molecular weight is 569 g/mol. The number of aromatic amines is 1. The van der Waals surface area contributed by atoms with Crippen molar-refractivity contribution in [3.05, 3.63) is 113 Å². The first-order valence-electron chi connectivity index (χ1n) is 12.6. The molecule has 0 radical (unpaired) electrons. The number of nitrogens with one attached hydrogen (secondary N) is 2. The Morgan fingerprint density at radius 3 is 2.50 bits per heavy atom. The number of ether oxygens (including phenoxy) is 2. The van der Waals surface area contributed by atoms with Crippen LogP contribution in [0, 0.1) is 11.6 Å². The third-order valence-corrected chi connectivity index (χ3v) is 6.65. The number of halogens is 2. The number of fused-ring (bicyclic) bond motifs is 1. The SMILES string of the molecule is COc1ccc(C(=O)Nc2ccc(Oc3cc4cnn(C)c4cc3-c3cn[nH]c3)c(F)c2)c(=O)n1-c1ccc(F)cc1. The number of pyridine rings is 1. The van der Waals surface area contributed by atoms with Crippen LogP contribution in [0.5, 0.6) is 17.4 Å². The molecule has 0 spiro atoms. The summed E-state index contributed by atoms with van der Waals surface area (Å²) >= 11 is 0. The minimum absolute atomic E-state index is 0.0795. The molecule has 0 aliphatic heterocycles. The minimum Gasteiger partial charge on any atom is -0.482 e. The predicted molar refractivity (Wildman–Crippen MR) is 151 cm³/mol. The van der Waals surface area contributed by atoms with Crippen LogP contribution in [0.15, 0.2) is 90.1 Å². The first kappa shape index (κ1) is 26.4. The van der Waals surface area contributed by atoms with Gasteiger partial charge in [0.25, 0.3) is 11.5 Å². The molecule has 6 rings (SSSR count). The number of nitrogens with zero attached hydrogens (tertiary/aromatic N) is 4. The maximum atomic E-state index is 15.3. The Bertz CT molecular complexity index is 2000.